The molecular formula is C32H44N2O8. The number of carbonyl (C=O) groups excluding carboxylic acids is 3. The average Bonchev–Trinajstić information content (AvgIpc) is 3.27. The quantitative estimate of drug-likeness (QED) is 0.167. The highest BCUT2D eigenvalue weighted by atomic mass is 16.6. The SMILES string of the molecule is CCOC(=O)C(CC)(CCOCCOCCNC(=O)OC(C)(C)C)NC(=O)OCC1c2ccccc2-c2ccccc21. The minimum atomic E-state index is -1.29. The molecule has 2 amide bonds. The molecule has 0 fully saturated rings. The molecule has 230 valence electrons. The van der Waals surface area contributed by atoms with E-state index in [0.717, 1.165) is 22.3 Å². The monoisotopic (exact) mass is 584 g/mol. The first-order valence-electron chi connectivity index (χ1n) is 14.5. The number of esters is 1. The largest absolute Gasteiger partial charge is 0.464 e. The van der Waals surface area contributed by atoms with Crippen molar-refractivity contribution < 1.29 is 38.1 Å². The summed E-state index contributed by atoms with van der Waals surface area (Å²) in [5.41, 5.74) is 2.63. The van der Waals surface area contributed by atoms with Gasteiger partial charge in [-0.25, -0.2) is 14.4 Å². The summed E-state index contributed by atoms with van der Waals surface area (Å²) in [5.74, 6) is -0.626. The van der Waals surface area contributed by atoms with Crippen molar-refractivity contribution in [2.24, 2.45) is 0 Å². The van der Waals surface area contributed by atoms with Crippen molar-refractivity contribution in [2.75, 3.05) is 46.2 Å². The molecule has 0 aliphatic heterocycles. The molecule has 2 aromatic carbocycles. The molecule has 0 spiro atoms. The van der Waals surface area contributed by atoms with Gasteiger partial charge >= 0.3 is 18.2 Å². The maximum atomic E-state index is 13.0. The van der Waals surface area contributed by atoms with E-state index < -0.39 is 29.3 Å². The van der Waals surface area contributed by atoms with Gasteiger partial charge in [0, 0.05) is 25.5 Å². The third-order valence-corrected chi connectivity index (χ3v) is 6.91. The molecule has 2 aromatic rings. The van der Waals surface area contributed by atoms with Crippen LogP contribution in [0.15, 0.2) is 48.5 Å². The molecule has 0 heterocycles. The Morgan fingerprint density at radius 1 is 0.786 bits per heavy atom. The van der Waals surface area contributed by atoms with Gasteiger partial charge < -0.3 is 34.3 Å². The van der Waals surface area contributed by atoms with Crippen LogP contribution in [-0.2, 0) is 28.5 Å². The lowest BCUT2D eigenvalue weighted by Gasteiger charge is -2.31. The zero-order chi connectivity index (χ0) is 30.6. The highest BCUT2D eigenvalue weighted by Crippen LogP contribution is 2.44. The average molecular weight is 585 g/mol. The first-order valence-corrected chi connectivity index (χ1v) is 14.5. The number of amides is 2. The molecule has 1 atom stereocenters. The number of fused-ring (bicyclic) bond motifs is 3. The van der Waals surface area contributed by atoms with Gasteiger partial charge in [-0.15, -0.1) is 0 Å². The fourth-order valence-electron chi connectivity index (χ4n) is 4.83. The lowest BCUT2D eigenvalue weighted by atomic mass is 9.92. The minimum absolute atomic E-state index is 0.0931. The van der Waals surface area contributed by atoms with Gasteiger partial charge in [-0.05, 0) is 56.4 Å². The topological polar surface area (TPSA) is 121 Å². The summed E-state index contributed by atoms with van der Waals surface area (Å²) in [6, 6.07) is 16.2. The van der Waals surface area contributed by atoms with Crippen molar-refractivity contribution in [1.82, 2.24) is 10.6 Å². The molecule has 2 N–H and O–H groups in total. The highest BCUT2D eigenvalue weighted by molar-refractivity contribution is 5.86. The second-order valence-electron chi connectivity index (χ2n) is 11.0. The Balaban J connectivity index is 1.47. The van der Waals surface area contributed by atoms with E-state index in [2.05, 4.69) is 34.9 Å². The lowest BCUT2D eigenvalue weighted by Crippen LogP contribution is -2.56. The van der Waals surface area contributed by atoms with E-state index in [1.165, 1.54) is 0 Å². The zero-order valence-electron chi connectivity index (χ0n) is 25.3. The lowest BCUT2D eigenvalue weighted by molar-refractivity contribution is -0.152. The second kappa shape index (κ2) is 15.6. The van der Waals surface area contributed by atoms with Gasteiger partial charge in [-0.1, -0.05) is 55.5 Å². The number of rotatable bonds is 15. The molecule has 0 radical (unpaired) electrons. The van der Waals surface area contributed by atoms with Crippen LogP contribution < -0.4 is 10.6 Å². The van der Waals surface area contributed by atoms with Crippen LogP contribution in [0, 0.1) is 0 Å². The Bertz CT molecular complexity index is 1150. The number of ether oxygens (including phenoxy) is 5. The van der Waals surface area contributed by atoms with Gasteiger partial charge in [0.25, 0.3) is 0 Å². The fourth-order valence-corrected chi connectivity index (χ4v) is 4.83. The number of carbonyl (C=O) groups is 3. The highest BCUT2D eigenvalue weighted by Gasteiger charge is 2.40. The number of hydrogen-bond acceptors (Lipinski definition) is 8. The first kappa shape index (κ1) is 32.9. The van der Waals surface area contributed by atoms with Crippen molar-refractivity contribution in [3.63, 3.8) is 0 Å². The van der Waals surface area contributed by atoms with Crippen LogP contribution in [0.3, 0.4) is 0 Å². The Hall–Kier alpha value is -3.63. The maximum absolute atomic E-state index is 13.0. The molecule has 1 aliphatic rings. The first-order chi connectivity index (χ1) is 20.1. The van der Waals surface area contributed by atoms with Gasteiger partial charge in [-0.3, -0.25) is 0 Å². The van der Waals surface area contributed by atoms with Crippen LogP contribution in [0.5, 0.6) is 0 Å². The summed E-state index contributed by atoms with van der Waals surface area (Å²) >= 11 is 0. The van der Waals surface area contributed by atoms with Crippen LogP contribution >= 0.6 is 0 Å². The molecule has 0 saturated carbocycles. The van der Waals surface area contributed by atoms with Crippen molar-refractivity contribution in [3.05, 3.63) is 59.7 Å². The van der Waals surface area contributed by atoms with Crippen molar-refractivity contribution in [1.29, 1.82) is 0 Å². The molecule has 0 aromatic heterocycles. The summed E-state index contributed by atoms with van der Waals surface area (Å²) in [6.07, 6.45) is -0.687. The summed E-state index contributed by atoms with van der Waals surface area (Å²) < 4.78 is 27.3. The molecule has 10 nitrogen and oxygen atoms in total. The zero-order valence-corrected chi connectivity index (χ0v) is 25.3. The van der Waals surface area contributed by atoms with E-state index in [1.807, 2.05) is 24.3 Å². The molecular weight excluding hydrogens is 540 g/mol. The maximum Gasteiger partial charge on any atom is 0.408 e. The van der Waals surface area contributed by atoms with Crippen LogP contribution in [0.4, 0.5) is 9.59 Å². The van der Waals surface area contributed by atoms with E-state index in [-0.39, 0.29) is 38.8 Å². The summed E-state index contributed by atoms with van der Waals surface area (Å²) in [6.45, 7) is 10.6. The molecule has 1 unspecified atom stereocenters. The number of alkyl carbamates (subject to hydrolysis) is 2. The van der Waals surface area contributed by atoms with Gasteiger partial charge in [0.1, 0.15) is 17.7 Å². The normalized spacial score (nSPS) is 13.8. The van der Waals surface area contributed by atoms with Crippen LogP contribution in [0.1, 0.15) is 64.5 Å². The number of benzene rings is 2. The van der Waals surface area contributed by atoms with Crippen LogP contribution in [0.25, 0.3) is 11.1 Å². The number of hydrogen-bond donors (Lipinski definition) is 2. The molecule has 1 aliphatic carbocycles. The Morgan fingerprint density at radius 2 is 1.38 bits per heavy atom. The predicted octanol–water partition coefficient (Wildman–Crippen LogP) is 5.19. The Labute approximate surface area is 248 Å². The van der Waals surface area contributed by atoms with Gasteiger partial charge in [0.05, 0.1) is 26.4 Å². The molecule has 0 bridgehead atoms. The van der Waals surface area contributed by atoms with E-state index >= 15 is 0 Å². The van der Waals surface area contributed by atoms with E-state index in [1.54, 1.807) is 34.6 Å². The van der Waals surface area contributed by atoms with Crippen molar-refractivity contribution >= 4 is 18.2 Å². The summed E-state index contributed by atoms with van der Waals surface area (Å²) in [7, 11) is 0. The molecule has 10 heteroatoms. The van der Waals surface area contributed by atoms with E-state index in [9.17, 15) is 14.4 Å². The van der Waals surface area contributed by atoms with E-state index in [4.69, 9.17) is 23.7 Å². The second-order valence-corrected chi connectivity index (χ2v) is 11.0. The van der Waals surface area contributed by atoms with Crippen LogP contribution in [0.2, 0.25) is 0 Å². The molecule has 0 saturated heterocycles. The molecule has 3 rings (SSSR count). The third-order valence-electron chi connectivity index (χ3n) is 6.91. The van der Waals surface area contributed by atoms with Gasteiger partial charge in [0.2, 0.25) is 0 Å². The fraction of sp³-hybridized carbons (Fsp3) is 0.531. The number of nitrogens with one attached hydrogen (secondary N) is 2. The summed E-state index contributed by atoms with van der Waals surface area (Å²) in [5, 5.41) is 5.40. The minimum Gasteiger partial charge on any atom is -0.464 e. The Kier molecular flexibility index (Phi) is 12.2. The van der Waals surface area contributed by atoms with E-state index in [0.29, 0.717) is 26.2 Å². The van der Waals surface area contributed by atoms with Crippen LogP contribution in [-0.4, -0.2) is 75.5 Å². The predicted molar refractivity (Wildman–Crippen MR) is 158 cm³/mol. The van der Waals surface area contributed by atoms with Gasteiger partial charge in [0.15, 0.2) is 0 Å². The third kappa shape index (κ3) is 9.19. The summed E-state index contributed by atoms with van der Waals surface area (Å²) in [4.78, 5) is 37.7. The smallest absolute Gasteiger partial charge is 0.408 e. The van der Waals surface area contributed by atoms with Gasteiger partial charge in [-0.2, -0.15) is 0 Å². The van der Waals surface area contributed by atoms with Crippen molar-refractivity contribution in [2.45, 2.75) is 64.5 Å². The Morgan fingerprint density at radius 3 is 1.95 bits per heavy atom. The molecule has 42 heavy (non-hydrogen) atoms. The van der Waals surface area contributed by atoms with Crippen molar-refractivity contribution in [3.8, 4) is 11.1 Å². The standard InChI is InChI=1S/C32H44N2O8/c1-6-32(28(35)40-7-2,16-18-38-20-21-39-19-17-33-29(36)42-31(3,4)5)34-30(37)41-22-27-25-14-10-8-12-23(25)24-13-9-11-15-26(24)27/h8-15,27H,6-7,16-22H2,1-5H3,(H,33,36)(H,34,37).